The fourth-order valence-corrected chi connectivity index (χ4v) is 2.00. The lowest BCUT2D eigenvalue weighted by molar-refractivity contribution is -0.170. The lowest BCUT2D eigenvalue weighted by Crippen LogP contribution is -2.30. The molecule has 4 heteroatoms. The van der Waals surface area contributed by atoms with Crippen molar-refractivity contribution in [3.8, 4) is 0 Å². The monoisotopic (exact) mass is 244 g/mol. The second-order valence-electron chi connectivity index (χ2n) is 5.54. The topological polar surface area (TPSA) is 44.8 Å². The largest absolute Gasteiger partial charge is 0.510 e. The van der Waals surface area contributed by atoms with E-state index in [2.05, 4.69) is 0 Å². The molecule has 0 radical (unpaired) electrons. The van der Waals surface area contributed by atoms with Crippen LogP contribution in [0.5, 0.6) is 0 Å². The van der Waals surface area contributed by atoms with E-state index in [0.717, 1.165) is 25.7 Å². The van der Waals surface area contributed by atoms with Gasteiger partial charge in [0.1, 0.15) is 6.10 Å². The molecule has 0 aromatic rings. The van der Waals surface area contributed by atoms with Crippen LogP contribution in [0.15, 0.2) is 0 Å². The molecule has 100 valence electrons. The smallest absolute Gasteiger partial charge is 0.431 e. The first-order chi connectivity index (χ1) is 7.87. The molecule has 1 fully saturated rings. The Morgan fingerprint density at radius 1 is 1.18 bits per heavy atom. The second-order valence-corrected chi connectivity index (χ2v) is 5.54. The van der Waals surface area contributed by atoms with Crippen molar-refractivity contribution in [1.82, 2.24) is 0 Å². The zero-order valence-corrected chi connectivity index (χ0v) is 11.3. The van der Waals surface area contributed by atoms with Crippen LogP contribution in [0.3, 0.4) is 0 Å². The normalized spacial score (nSPS) is 19.8. The van der Waals surface area contributed by atoms with Crippen LogP contribution in [0.25, 0.3) is 0 Å². The summed E-state index contributed by atoms with van der Waals surface area (Å²) < 4.78 is 15.8. The fraction of sp³-hybridized carbons (Fsp3) is 0.923. The maximum atomic E-state index is 11.5. The number of rotatable bonds is 3. The number of ether oxygens (including phenoxy) is 3. The average molecular weight is 244 g/mol. The van der Waals surface area contributed by atoms with Crippen molar-refractivity contribution >= 4 is 6.16 Å². The number of carbonyl (C=O) groups is 1. The Labute approximate surface area is 104 Å². The maximum absolute atomic E-state index is 11.5. The summed E-state index contributed by atoms with van der Waals surface area (Å²) in [5.74, 6) is 0. The van der Waals surface area contributed by atoms with Gasteiger partial charge in [0.15, 0.2) is 0 Å². The molecule has 1 rings (SSSR count). The van der Waals surface area contributed by atoms with E-state index in [9.17, 15) is 4.79 Å². The van der Waals surface area contributed by atoms with E-state index in [0.29, 0.717) is 0 Å². The predicted octanol–water partition coefficient (Wildman–Crippen LogP) is 3.63. The lowest BCUT2D eigenvalue weighted by Gasteiger charge is -2.26. The summed E-state index contributed by atoms with van der Waals surface area (Å²) in [6.07, 6.45) is 4.22. The van der Waals surface area contributed by atoms with Crippen LogP contribution in [0.2, 0.25) is 0 Å². The quantitative estimate of drug-likeness (QED) is 0.561. The van der Waals surface area contributed by atoms with Gasteiger partial charge >= 0.3 is 6.16 Å². The minimum absolute atomic E-state index is 0.0260. The number of hydrogen-bond acceptors (Lipinski definition) is 4. The summed E-state index contributed by atoms with van der Waals surface area (Å²) in [6, 6.07) is 0. The molecule has 0 aliphatic heterocycles. The van der Waals surface area contributed by atoms with Gasteiger partial charge in [-0.2, -0.15) is 0 Å². The van der Waals surface area contributed by atoms with Crippen molar-refractivity contribution in [2.75, 3.05) is 0 Å². The van der Waals surface area contributed by atoms with Gasteiger partial charge in [-0.15, -0.1) is 0 Å². The molecule has 0 amide bonds. The lowest BCUT2D eigenvalue weighted by atomic mass is 9.98. The van der Waals surface area contributed by atoms with Gasteiger partial charge < -0.3 is 14.2 Å². The van der Waals surface area contributed by atoms with Crippen molar-refractivity contribution in [3.63, 3.8) is 0 Å². The molecular formula is C13H24O4. The highest BCUT2D eigenvalue weighted by atomic mass is 16.8. The zero-order valence-electron chi connectivity index (χ0n) is 11.3. The van der Waals surface area contributed by atoms with Gasteiger partial charge in [-0.05, 0) is 53.4 Å². The van der Waals surface area contributed by atoms with Crippen molar-refractivity contribution in [1.29, 1.82) is 0 Å². The summed E-state index contributed by atoms with van der Waals surface area (Å²) in [5.41, 5.74) is -0.329. The third kappa shape index (κ3) is 6.51. The summed E-state index contributed by atoms with van der Waals surface area (Å²) in [5, 5.41) is 0. The van der Waals surface area contributed by atoms with Crippen LogP contribution in [0.1, 0.15) is 59.8 Å². The van der Waals surface area contributed by atoms with Crippen LogP contribution < -0.4 is 0 Å². The highest BCUT2D eigenvalue weighted by molar-refractivity contribution is 5.60. The molecule has 0 heterocycles. The van der Waals surface area contributed by atoms with Crippen LogP contribution >= 0.6 is 0 Å². The molecule has 17 heavy (non-hydrogen) atoms. The highest BCUT2D eigenvalue weighted by Crippen LogP contribution is 2.21. The molecule has 1 unspecified atom stereocenters. The van der Waals surface area contributed by atoms with Gasteiger partial charge in [-0.25, -0.2) is 4.79 Å². The zero-order chi connectivity index (χ0) is 12.9. The molecule has 1 saturated carbocycles. The van der Waals surface area contributed by atoms with Gasteiger partial charge in [0.25, 0.3) is 0 Å². The maximum Gasteiger partial charge on any atom is 0.510 e. The predicted molar refractivity (Wildman–Crippen MR) is 64.7 cm³/mol. The molecule has 1 aliphatic rings. The molecule has 1 atom stereocenters. The third-order valence-corrected chi connectivity index (χ3v) is 2.60. The molecule has 0 spiro atoms. The van der Waals surface area contributed by atoms with Crippen LogP contribution in [-0.4, -0.2) is 24.2 Å². The fourth-order valence-electron chi connectivity index (χ4n) is 2.00. The molecule has 0 N–H and O–H groups in total. The van der Waals surface area contributed by atoms with Crippen molar-refractivity contribution in [3.05, 3.63) is 0 Å². The van der Waals surface area contributed by atoms with Gasteiger partial charge in [0.05, 0.1) is 5.60 Å². The Bertz CT molecular complexity index is 238. The molecule has 4 nitrogen and oxygen atoms in total. The molecule has 0 aromatic carbocycles. The first-order valence-electron chi connectivity index (χ1n) is 6.42. The number of carbonyl (C=O) groups excluding carboxylic acids is 1. The molecular weight excluding hydrogens is 220 g/mol. The Morgan fingerprint density at radius 2 is 1.76 bits per heavy atom. The standard InChI is InChI=1S/C13H24O4/c1-10(17-13(2,3)4)15-12(14)16-11-8-6-5-7-9-11/h10-11H,5-9H2,1-4H3. The first-order valence-corrected chi connectivity index (χ1v) is 6.42. The summed E-state index contributed by atoms with van der Waals surface area (Å²) >= 11 is 0. The Hall–Kier alpha value is -0.770. The van der Waals surface area contributed by atoms with Crippen molar-refractivity contribution in [2.45, 2.75) is 77.8 Å². The Morgan fingerprint density at radius 3 is 2.29 bits per heavy atom. The van der Waals surface area contributed by atoms with E-state index in [1.165, 1.54) is 6.42 Å². The molecule has 0 aromatic heterocycles. The SMILES string of the molecule is CC(OC(=O)OC1CCCCC1)OC(C)(C)C. The minimum atomic E-state index is -0.617. The van der Waals surface area contributed by atoms with E-state index in [4.69, 9.17) is 14.2 Å². The van der Waals surface area contributed by atoms with E-state index in [1.807, 2.05) is 20.8 Å². The summed E-state index contributed by atoms with van der Waals surface area (Å²) in [6.45, 7) is 7.45. The first kappa shape index (κ1) is 14.3. The molecule has 1 aliphatic carbocycles. The Balaban J connectivity index is 2.23. The van der Waals surface area contributed by atoms with Gasteiger partial charge in [0, 0.05) is 0 Å². The average Bonchev–Trinajstić information content (AvgIpc) is 2.15. The van der Waals surface area contributed by atoms with E-state index in [-0.39, 0.29) is 11.7 Å². The van der Waals surface area contributed by atoms with E-state index >= 15 is 0 Å². The number of hydrogen-bond donors (Lipinski definition) is 0. The van der Waals surface area contributed by atoms with Gasteiger partial charge in [-0.1, -0.05) is 6.42 Å². The molecule has 0 saturated heterocycles. The van der Waals surface area contributed by atoms with Crippen LogP contribution in [0, 0.1) is 0 Å². The minimum Gasteiger partial charge on any atom is -0.431 e. The molecule has 0 bridgehead atoms. The van der Waals surface area contributed by atoms with Crippen molar-refractivity contribution < 1.29 is 19.0 Å². The summed E-state index contributed by atoms with van der Waals surface area (Å²) in [4.78, 5) is 11.5. The van der Waals surface area contributed by atoms with Crippen molar-refractivity contribution in [2.24, 2.45) is 0 Å². The second kappa shape index (κ2) is 6.24. The highest BCUT2D eigenvalue weighted by Gasteiger charge is 2.22. The van der Waals surface area contributed by atoms with Crippen LogP contribution in [0.4, 0.5) is 4.79 Å². The van der Waals surface area contributed by atoms with Gasteiger partial charge in [0.2, 0.25) is 6.29 Å². The van der Waals surface area contributed by atoms with Crippen LogP contribution in [-0.2, 0) is 14.2 Å². The summed E-state index contributed by atoms with van der Waals surface area (Å²) in [7, 11) is 0. The third-order valence-electron chi connectivity index (χ3n) is 2.60. The van der Waals surface area contributed by atoms with Gasteiger partial charge in [-0.3, -0.25) is 0 Å². The Kier molecular flexibility index (Phi) is 5.25. The van der Waals surface area contributed by atoms with E-state index < -0.39 is 12.4 Å². The van der Waals surface area contributed by atoms with E-state index in [1.54, 1.807) is 6.92 Å².